The number of likely N-dealkylation sites (N-methyl/N-ethyl adjacent to an activating group) is 1. The zero-order valence-corrected chi connectivity index (χ0v) is 25.1. The topological polar surface area (TPSA) is 62.2 Å². The Hall–Kier alpha value is -4.97. The van der Waals surface area contributed by atoms with Gasteiger partial charge in [0.05, 0.1) is 5.69 Å². The molecule has 1 aliphatic heterocycles. The fourth-order valence-corrected chi connectivity index (χ4v) is 4.98. The molecule has 0 amide bonds. The van der Waals surface area contributed by atoms with Gasteiger partial charge in [-0.15, -0.1) is 0 Å². The Morgan fingerprint density at radius 2 is 1.29 bits per heavy atom. The molecule has 0 aliphatic carbocycles. The highest BCUT2D eigenvalue weighted by Gasteiger charge is 2.16. The van der Waals surface area contributed by atoms with Gasteiger partial charge in [-0.1, -0.05) is 30.4 Å². The number of carbonyl (C=O) groups is 3. The maximum Gasteiger partial charge on any atom is 0.212 e. The van der Waals surface area contributed by atoms with Crippen molar-refractivity contribution in [1.82, 2.24) is 0 Å². The zero-order chi connectivity index (χ0) is 30.4. The number of aromatic nitrogens is 2. The molecule has 0 N–H and O–H groups in total. The van der Waals surface area contributed by atoms with Gasteiger partial charge in [0.25, 0.3) is 0 Å². The minimum absolute atomic E-state index is 0.107. The molecule has 212 valence electrons. The van der Waals surface area contributed by atoms with Crippen molar-refractivity contribution in [3.63, 3.8) is 0 Å². The highest BCUT2D eigenvalue weighted by atomic mass is 16.1. The van der Waals surface area contributed by atoms with E-state index in [1.807, 2.05) is 122 Å². The van der Waals surface area contributed by atoms with Crippen molar-refractivity contribution in [2.45, 2.75) is 20.8 Å². The van der Waals surface area contributed by atoms with Crippen LogP contribution < -0.4 is 14.0 Å². The van der Waals surface area contributed by atoms with Gasteiger partial charge in [-0.25, -0.2) is 9.13 Å². The Morgan fingerprint density at radius 1 is 0.667 bits per heavy atom. The summed E-state index contributed by atoms with van der Waals surface area (Å²) in [4.78, 5) is 35.9. The number of anilines is 1. The van der Waals surface area contributed by atoms with E-state index in [-0.39, 0.29) is 17.3 Å². The molecule has 3 aromatic carbocycles. The fraction of sp³-hybridized carbons (Fsp3) is 0.194. The van der Waals surface area contributed by atoms with E-state index in [1.165, 1.54) is 0 Å². The van der Waals surface area contributed by atoms with Gasteiger partial charge in [-0.2, -0.15) is 0 Å². The monoisotopic (exact) mass is 559 g/mol. The van der Waals surface area contributed by atoms with Crippen LogP contribution in [0.2, 0.25) is 0 Å². The van der Waals surface area contributed by atoms with Crippen molar-refractivity contribution in [2.75, 3.05) is 18.5 Å². The number of Topliss-reactive ketones (excluding diaryl/α,β-unsaturated/α-hetero) is 3. The van der Waals surface area contributed by atoms with E-state index in [4.69, 9.17) is 0 Å². The first-order valence-electron chi connectivity index (χ1n) is 13.9. The third-order valence-electron chi connectivity index (χ3n) is 7.31. The summed E-state index contributed by atoms with van der Waals surface area (Å²) in [5.74, 6) is 0.346. The largest absolute Gasteiger partial charge is 0.370 e. The number of rotatable bonds is 3. The van der Waals surface area contributed by atoms with Gasteiger partial charge in [0.2, 0.25) is 11.0 Å². The van der Waals surface area contributed by atoms with Crippen LogP contribution in [0.4, 0.5) is 5.69 Å². The first-order chi connectivity index (χ1) is 20.1. The van der Waals surface area contributed by atoms with Gasteiger partial charge < -0.3 is 4.90 Å². The molecule has 0 unspecified atom stereocenters. The van der Waals surface area contributed by atoms with Crippen LogP contribution in [0.15, 0.2) is 97.3 Å². The second-order valence-electron chi connectivity index (χ2n) is 10.5. The van der Waals surface area contributed by atoms with E-state index in [0.29, 0.717) is 0 Å². The number of ketones is 3. The number of fused-ring (bicyclic) bond motifs is 3. The third-order valence-corrected chi connectivity index (χ3v) is 7.31. The van der Waals surface area contributed by atoms with Gasteiger partial charge in [-0.05, 0) is 62.7 Å². The van der Waals surface area contributed by atoms with Crippen LogP contribution in [0, 0.1) is 0 Å². The highest BCUT2D eigenvalue weighted by Crippen LogP contribution is 2.29. The predicted octanol–water partition coefficient (Wildman–Crippen LogP) is 6.09. The van der Waals surface area contributed by atoms with Crippen LogP contribution in [0.5, 0.6) is 0 Å². The molecule has 6 heteroatoms. The molecule has 0 atom stereocenters. The number of aryl methyl sites for hydroxylation is 2. The summed E-state index contributed by atoms with van der Waals surface area (Å²) >= 11 is 0. The minimum Gasteiger partial charge on any atom is -0.370 e. The molecule has 0 saturated carbocycles. The van der Waals surface area contributed by atoms with Crippen molar-refractivity contribution in [3.8, 4) is 0 Å². The first-order valence-corrected chi connectivity index (χ1v) is 13.9. The Balaban J connectivity index is 0.000000145. The summed E-state index contributed by atoms with van der Waals surface area (Å²) in [7, 11) is 5.98. The number of nitrogens with zero attached hydrogens (tertiary/aromatic N) is 3. The van der Waals surface area contributed by atoms with Crippen molar-refractivity contribution in [2.24, 2.45) is 14.1 Å². The van der Waals surface area contributed by atoms with Crippen molar-refractivity contribution >= 4 is 50.9 Å². The van der Waals surface area contributed by atoms with Crippen molar-refractivity contribution in [3.05, 3.63) is 120 Å². The summed E-state index contributed by atoms with van der Waals surface area (Å²) < 4.78 is 4.06. The van der Waals surface area contributed by atoms with E-state index < -0.39 is 0 Å². The molecule has 0 saturated heterocycles. The number of hydrogen-bond acceptors (Lipinski definition) is 4. The quantitative estimate of drug-likeness (QED) is 0.198. The lowest BCUT2D eigenvalue weighted by Crippen LogP contribution is -2.27. The van der Waals surface area contributed by atoms with E-state index in [0.717, 1.165) is 56.3 Å². The number of carbonyl (C=O) groups excluding carboxylic acids is 3. The Bertz CT molecular complexity index is 1840. The normalized spacial score (nSPS) is 11.6. The van der Waals surface area contributed by atoms with E-state index in [9.17, 15) is 14.4 Å². The first kappa shape index (κ1) is 30.0. The molecule has 3 heterocycles. The van der Waals surface area contributed by atoms with Crippen LogP contribution in [-0.4, -0.2) is 30.9 Å². The van der Waals surface area contributed by atoms with Gasteiger partial charge in [-0.3, -0.25) is 14.4 Å². The molecule has 2 aromatic heterocycles. The molecule has 0 spiro atoms. The van der Waals surface area contributed by atoms with Crippen LogP contribution in [0.25, 0.3) is 27.9 Å². The van der Waals surface area contributed by atoms with Crippen LogP contribution in [0.3, 0.4) is 0 Å². The lowest BCUT2D eigenvalue weighted by Gasteiger charge is -2.25. The van der Waals surface area contributed by atoms with E-state index in [2.05, 4.69) is 17.1 Å². The van der Waals surface area contributed by atoms with E-state index in [1.54, 1.807) is 20.8 Å². The summed E-state index contributed by atoms with van der Waals surface area (Å²) in [6.07, 6.45) is 8.15. The fourth-order valence-electron chi connectivity index (χ4n) is 4.98. The summed E-state index contributed by atoms with van der Waals surface area (Å²) in [6.45, 7) is 5.66. The predicted molar refractivity (Wildman–Crippen MR) is 169 cm³/mol. The van der Waals surface area contributed by atoms with Gasteiger partial charge >= 0.3 is 0 Å². The SMILES string of the molecule is CC(=O)c1ccc2c(ccc[n+]2C)c1.CC(=O)c1ccc2ccc[n+](C)c2c1.CC(=O)c1cccc2c1N(C)CC=C2. The maximum atomic E-state index is 11.4. The van der Waals surface area contributed by atoms with Crippen LogP contribution >= 0.6 is 0 Å². The number of pyridine rings is 2. The summed E-state index contributed by atoms with van der Waals surface area (Å²) in [5, 5.41) is 2.25. The lowest BCUT2D eigenvalue weighted by atomic mass is 10.0. The lowest BCUT2D eigenvalue weighted by molar-refractivity contribution is -0.645. The molecule has 6 rings (SSSR count). The van der Waals surface area contributed by atoms with Crippen LogP contribution in [0.1, 0.15) is 57.4 Å². The standard InChI is InChI=1S/C12H13NO.2C12H12NO/c1-9(14)11-7-3-5-10-6-4-8-13(2)12(10)11;1-9(14)10-5-6-12-11(8-10)4-3-7-13(12)2;1-9(14)11-6-5-10-4-3-7-13(2)12(10)8-11/h3-7H,8H2,1-2H3;2*3-8H,1-2H3/q;2*+1. The highest BCUT2D eigenvalue weighted by molar-refractivity contribution is 6.02. The average Bonchev–Trinajstić information content (AvgIpc) is 2.97. The van der Waals surface area contributed by atoms with Gasteiger partial charge in [0, 0.05) is 65.3 Å². The zero-order valence-electron chi connectivity index (χ0n) is 25.1. The second kappa shape index (κ2) is 13.1. The molecule has 42 heavy (non-hydrogen) atoms. The number of hydrogen-bond donors (Lipinski definition) is 0. The number of para-hydroxylation sites is 1. The second-order valence-corrected chi connectivity index (χ2v) is 10.5. The maximum absolute atomic E-state index is 11.4. The van der Waals surface area contributed by atoms with Crippen molar-refractivity contribution in [1.29, 1.82) is 0 Å². The Kier molecular flexibility index (Phi) is 9.38. The molecule has 0 bridgehead atoms. The summed E-state index contributed by atoms with van der Waals surface area (Å²) in [5.41, 5.74) is 6.75. The van der Waals surface area contributed by atoms with Crippen molar-refractivity contribution < 1.29 is 23.5 Å². The number of benzene rings is 3. The molecule has 0 radical (unpaired) electrons. The van der Waals surface area contributed by atoms with Crippen LogP contribution in [-0.2, 0) is 14.1 Å². The molecular weight excluding hydrogens is 522 g/mol. The molecule has 5 aromatic rings. The van der Waals surface area contributed by atoms with E-state index >= 15 is 0 Å². The van der Waals surface area contributed by atoms with Gasteiger partial charge in [0.15, 0.2) is 29.7 Å². The molecular formula is C36H37N3O3+2. The summed E-state index contributed by atoms with van der Waals surface area (Å²) in [6, 6.07) is 25.4. The molecule has 6 nitrogen and oxygen atoms in total. The third kappa shape index (κ3) is 6.84. The Morgan fingerprint density at radius 3 is 1.95 bits per heavy atom. The van der Waals surface area contributed by atoms with Gasteiger partial charge in [0.1, 0.15) is 14.1 Å². The Labute approximate surface area is 247 Å². The molecule has 0 fully saturated rings. The average molecular weight is 560 g/mol. The minimum atomic E-state index is 0.107. The smallest absolute Gasteiger partial charge is 0.212 e. The molecule has 1 aliphatic rings.